The Bertz CT molecular complexity index is 409. The first kappa shape index (κ1) is 10.8. The molecule has 0 aromatic heterocycles. The van der Waals surface area contributed by atoms with Crippen molar-refractivity contribution in [1.82, 2.24) is 5.32 Å². The second-order valence-electron chi connectivity index (χ2n) is 5.39. The van der Waals surface area contributed by atoms with E-state index in [0.29, 0.717) is 0 Å². The summed E-state index contributed by atoms with van der Waals surface area (Å²) in [5.41, 5.74) is 2.03. The van der Waals surface area contributed by atoms with Gasteiger partial charge in [0.15, 0.2) is 0 Å². The molecule has 0 spiro atoms. The van der Waals surface area contributed by atoms with E-state index in [1.807, 2.05) is 12.1 Å². The highest BCUT2D eigenvalue weighted by Crippen LogP contribution is 2.44. The number of benzene rings is 1. The summed E-state index contributed by atoms with van der Waals surface area (Å²) < 4.78 is 0. The Labute approximate surface area is 103 Å². The van der Waals surface area contributed by atoms with Gasteiger partial charge < -0.3 is 5.32 Å². The first-order chi connectivity index (χ1) is 8.36. The zero-order valence-electron chi connectivity index (χ0n) is 10.0. The van der Waals surface area contributed by atoms with Crippen LogP contribution in [-0.2, 0) is 6.54 Å². The standard InChI is InChI=1S/C15H18N2/c16-9-11-1-3-12(4-2-11)10-17-15(13-5-6-13)14-7-8-14/h1-4,13-15,17H,5-8,10H2. The number of hydrogen-bond donors (Lipinski definition) is 1. The lowest BCUT2D eigenvalue weighted by Gasteiger charge is -2.17. The Morgan fingerprint density at radius 3 is 2.18 bits per heavy atom. The summed E-state index contributed by atoms with van der Waals surface area (Å²) in [7, 11) is 0. The second kappa shape index (κ2) is 4.50. The fraction of sp³-hybridized carbons (Fsp3) is 0.533. The third-order valence-corrected chi connectivity index (χ3v) is 3.88. The second-order valence-corrected chi connectivity index (χ2v) is 5.39. The average Bonchev–Trinajstić information content (AvgIpc) is 3.24. The predicted octanol–water partition coefficient (Wildman–Crippen LogP) is 2.84. The van der Waals surface area contributed by atoms with Crippen LogP contribution in [0.4, 0.5) is 0 Å². The van der Waals surface area contributed by atoms with Gasteiger partial charge in [-0.3, -0.25) is 0 Å². The minimum Gasteiger partial charge on any atom is -0.309 e. The van der Waals surface area contributed by atoms with Crippen molar-refractivity contribution in [3.63, 3.8) is 0 Å². The molecule has 2 nitrogen and oxygen atoms in total. The van der Waals surface area contributed by atoms with Crippen molar-refractivity contribution in [2.75, 3.05) is 0 Å². The van der Waals surface area contributed by atoms with E-state index in [4.69, 9.17) is 5.26 Å². The topological polar surface area (TPSA) is 35.8 Å². The number of nitrogens with zero attached hydrogens (tertiary/aromatic N) is 1. The summed E-state index contributed by atoms with van der Waals surface area (Å²) in [4.78, 5) is 0. The summed E-state index contributed by atoms with van der Waals surface area (Å²) in [6.45, 7) is 0.948. The zero-order valence-corrected chi connectivity index (χ0v) is 10.0. The maximum atomic E-state index is 8.74. The summed E-state index contributed by atoms with van der Waals surface area (Å²) >= 11 is 0. The Kier molecular flexibility index (Phi) is 2.86. The zero-order chi connectivity index (χ0) is 11.7. The van der Waals surface area contributed by atoms with Crippen LogP contribution < -0.4 is 5.32 Å². The fourth-order valence-corrected chi connectivity index (χ4v) is 2.56. The minimum absolute atomic E-state index is 0.745. The van der Waals surface area contributed by atoms with Crippen LogP contribution in [-0.4, -0.2) is 6.04 Å². The monoisotopic (exact) mass is 226 g/mol. The quantitative estimate of drug-likeness (QED) is 0.838. The maximum Gasteiger partial charge on any atom is 0.0991 e. The summed E-state index contributed by atoms with van der Waals surface area (Å²) in [6, 6.07) is 10.8. The Balaban J connectivity index is 1.56. The van der Waals surface area contributed by atoms with Gasteiger partial charge in [0.25, 0.3) is 0 Å². The third kappa shape index (κ3) is 2.68. The molecule has 0 saturated heterocycles. The van der Waals surface area contributed by atoms with Crippen LogP contribution in [0, 0.1) is 23.2 Å². The van der Waals surface area contributed by atoms with Crippen molar-refractivity contribution < 1.29 is 0 Å². The highest BCUT2D eigenvalue weighted by atomic mass is 14.9. The molecule has 88 valence electrons. The van der Waals surface area contributed by atoms with Crippen molar-refractivity contribution in [3.05, 3.63) is 35.4 Å². The van der Waals surface area contributed by atoms with Crippen molar-refractivity contribution in [1.29, 1.82) is 5.26 Å². The summed E-state index contributed by atoms with van der Waals surface area (Å²) in [5.74, 6) is 1.89. The summed E-state index contributed by atoms with van der Waals surface area (Å²) in [6.07, 6.45) is 5.67. The molecule has 2 aliphatic rings. The molecule has 2 saturated carbocycles. The van der Waals surface area contributed by atoms with Gasteiger partial charge in [-0.2, -0.15) is 5.26 Å². The molecule has 0 unspecified atom stereocenters. The van der Waals surface area contributed by atoms with E-state index in [1.165, 1.54) is 31.2 Å². The largest absolute Gasteiger partial charge is 0.309 e. The van der Waals surface area contributed by atoms with Gasteiger partial charge in [0.2, 0.25) is 0 Å². The smallest absolute Gasteiger partial charge is 0.0991 e. The van der Waals surface area contributed by atoms with Crippen molar-refractivity contribution in [2.45, 2.75) is 38.3 Å². The van der Waals surface area contributed by atoms with Crippen molar-refractivity contribution in [3.8, 4) is 6.07 Å². The van der Waals surface area contributed by atoms with Gasteiger partial charge in [0.1, 0.15) is 0 Å². The van der Waals surface area contributed by atoms with Gasteiger partial charge in [-0.05, 0) is 55.2 Å². The Hall–Kier alpha value is -1.33. The molecule has 0 aliphatic heterocycles. The molecule has 0 atom stereocenters. The van der Waals surface area contributed by atoms with E-state index < -0.39 is 0 Å². The minimum atomic E-state index is 0.745. The lowest BCUT2D eigenvalue weighted by atomic mass is 10.1. The molecule has 2 aliphatic carbocycles. The molecular weight excluding hydrogens is 208 g/mol. The van der Waals surface area contributed by atoms with Crippen molar-refractivity contribution >= 4 is 0 Å². The molecule has 1 N–H and O–H groups in total. The molecule has 0 amide bonds. The van der Waals surface area contributed by atoms with Crippen LogP contribution in [0.25, 0.3) is 0 Å². The van der Waals surface area contributed by atoms with Gasteiger partial charge >= 0.3 is 0 Å². The average molecular weight is 226 g/mol. The normalized spacial score (nSPS) is 19.3. The van der Waals surface area contributed by atoms with Crippen LogP contribution in [0.1, 0.15) is 36.8 Å². The van der Waals surface area contributed by atoms with Crippen LogP contribution in [0.15, 0.2) is 24.3 Å². The molecule has 2 fully saturated rings. The molecule has 3 rings (SSSR count). The van der Waals surface area contributed by atoms with E-state index in [1.54, 1.807) is 0 Å². The van der Waals surface area contributed by atoms with Crippen LogP contribution in [0.3, 0.4) is 0 Å². The van der Waals surface area contributed by atoms with E-state index >= 15 is 0 Å². The molecule has 0 bridgehead atoms. The SMILES string of the molecule is N#Cc1ccc(CNC(C2CC2)C2CC2)cc1. The van der Waals surface area contributed by atoms with Gasteiger partial charge in [-0.25, -0.2) is 0 Å². The van der Waals surface area contributed by atoms with Crippen LogP contribution in [0.2, 0.25) is 0 Å². The lowest BCUT2D eigenvalue weighted by molar-refractivity contribution is 0.416. The Morgan fingerprint density at radius 2 is 1.71 bits per heavy atom. The van der Waals surface area contributed by atoms with Gasteiger partial charge in [-0.15, -0.1) is 0 Å². The molecule has 0 radical (unpaired) electrons. The molecule has 2 heteroatoms. The molecule has 0 heterocycles. The number of hydrogen-bond acceptors (Lipinski definition) is 2. The first-order valence-electron chi connectivity index (χ1n) is 6.59. The third-order valence-electron chi connectivity index (χ3n) is 3.88. The van der Waals surface area contributed by atoms with E-state index in [9.17, 15) is 0 Å². The Morgan fingerprint density at radius 1 is 1.12 bits per heavy atom. The molecular formula is C15H18N2. The fourth-order valence-electron chi connectivity index (χ4n) is 2.56. The highest BCUT2D eigenvalue weighted by molar-refractivity contribution is 5.31. The first-order valence-corrected chi connectivity index (χ1v) is 6.59. The number of nitriles is 1. The molecule has 17 heavy (non-hydrogen) atoms. The van der Waals surface area contributed by atoms with Gasteiger partial charge in [-0.1, -0.05) is 12.1 Å². The van der Waals surface area contributed by atoms with E-state index in [-0.39, 0.29) is 0 Å². The van der Waals surface area contributed by atoms with Crippen LogP contribution >= 0.6 is 0 Å². The predicted molar refractivity (Wildman–Crippen MR) is 67.2 cm³/mol. The maximum absolute atomic E-state index is 8.74. The van der Waals surface area contributed by atoms with E-state index in [0.717, 1.165) is 30.0 Å². The van der Waals surface area contributed by atoms with E-state index in [2.05, 4.69) is 23.5 Å². The van der Waals surface area contributed by atoms with Crippen molar-refractivity contribution in [2.24, 2.45) is 11.8 Å². The van der Waals surface area contributed by atoms with Gasteiger partial charge in [0.05, 0.1) is 11.6 Å². The number of nitrogens with one attached hydrogen (secondary N) is 1. The van der Waals surface area contributed by atoms with Crippen LogP contribution in [0.5, 0.6) is 0 Å². The highest BCUT2D eigenvalue weighted by Gasteiger charge is 2.40. The molecule has 1 aromatic carbocycles. The summed E-state index contributed by atoms with van der Waals surface area (Å²) in [5, 5.41) is 12.5. The lowest BCUT2D eigenvalue weighted by Crippen LogP contribution is -2.32. The van der Waals surface area contributed by atoms with Gasteiger partial charge in [0, 0.05) is 12.6 Å². The number of rotatable bonds is 5. The molecule has 1 aromatic rings.